The maximum Gasteiger partial charge on any atom is 0.169 e. The van der Waals surface area contributed by atoms with E-state index in [1.165, 1.54) is 11.5 Å². The fraction of sp³-hybridized carbons (Fsp3) is 0.273. The fourth-order valence-electron chi connectivity index (χ4n) is 1.45. The van der Waals surface area contributed by atoms with Gasteiger partial charge in [-0.05, 0) is 17.6 Å². The lowest BCUT2D eigenvalue weighted by molar-refractivity contribution is 0.407. The van der Waals surface area contributed by atoms with Gasteiger partial charge in [-0.15, -0.1) is 0 Å². The molecule has 17 heavy (non-hydrogen) atoms. The van der Waals surface area contributed by atoms with Crippen molar-refractivity contribution in [3.8, 4) is 5.75 Å². The Kier molecular flexibility index (Phi) is 4.36. The van der Waals surface area contributed by atoms with E-state index in [1.54, 1.807) is 25.2 Å². The number of hydrogen-bond donors (Lipinski definition) is 1. The third-order valence-electron chi connectivity index (χ3n) is 2.27. The Bertz CT molecular complexity index is 461. The lowest BCUT2D eigenvalue weighted by atomic mass is 10.1. The van der Waals surface area contributed by atoms with Crippen LogP contribution in [0.3, 0.4) is 0 Å². The van der Waals surface area contributed by atoms with Crippen LogP contribution in [0.5, 0.6) is 5.75 Å². The van der Waals surface area contributed by atoms with Crippen molar-refractivity contribution in [2.24, 2.45) is 5.73 Å². The van der Waals surface area contributed by atoms with Gasteiger partial charge in [0.05, 0.1) is 7.11 Å². The summed E-state index contributed by atoms with van der Waals surface area (Å²) >= 11 is 3.00. The highest BCUT2D eigenvalue weighted by molar-refractivity contribution is 8.00. The minimum Gasteiger partial charge on any atom is -0.496 e. The third-order valence-corrected chi connectivity index (χ3v) is 4.18. The van der Waals surface area contributed by atoms with Crippen LogP contribution in [0, 0.1) is 0 Å². The quantitative estimate of drug-likeness (QED) is 0.843. The predicted molar refractivity (Wildman–Crippen MR) is 70.6 cm³/mol. The number of para-hydroxylation sites is 1. The van der Waals surface area contributed by atoms with Gasteiger partial charge in [0.15, 0.2) is 4.34 Å². The molecule has 1 unspecified atom stereocenters. The molecule has 2 rings (SSSR count). The van der Waals surface area contributed by atoms with Crippen molar-refractivity contribution in [1.29, 1.82) is 0 Å². The SMILES string of the molecule is COc1ccccc1C(N)CSc1ncns1. The summed E-state index contributed by atoms with van der Waals surface area (Å²) in [4.78, 5) is 4.11. The highest BCUT2D eigenvalue weighted by Crippen LogP contribution is 2.28. The summed E-state index contributed by atoms with van der Waals surface area (Å²) in [5.41, 5.74) is 7.16. The highest BCUT2D eigenvalue weighted by Gasteiger charge is 2.12. The molecule has 0 radical (unpaired) electrons. The van der Waals surface area contributed by atoms with E-state index in [2.05, 4.69) is 9.36 Å². The molecule has 0 aliphatic heterocycles. The first kappa shape index (κ1) is 12.3. The van der Waals surface area contributed by atoms with Crippen LogP contribution in [-0.4, -0.2) is 22.2 Å². The molecule has 0 spiro atoms. The van der Waals surface area contributed by atoms with Gasteiger partial charge in [-0.2, -0.15) is 4.37 Å². The van der Waals surface area contributed by atoms with E-state index in [-0.39, 0.29) is 6.04 Å². The average molecular weight is 267 g/mol. The molecule has 1 atom stereocenters. The minimum absolute atomic E-state index is 0.0694. The Balaban J connectivity index is 2.01. The molecule has 6 heteroatoms. The predicted octanol–water partition coefficient (Wildman–Crippen LogP) is 2.34. The lowest BCUT2D eigenvalue weighted by Gasteiger charge is -2.14. The van der Waals surface area contributed by atoms with Crippen molar-refractivity contribution in [2.75, 3.05) is 12.9 Å². The summed E-state index contributed by atoms with van der Waals surface area (Å²) < 4.78 is 10.2. The minimum atomic E-state index is -0.0694. The van der Waals surface area contributed by atoms with Crippen LogP contribution in [0.25, 0.3) is 0 Å². The van der Waals surface area contributed by atoms with E-state index >= 15 is 0 Å². The molecule has 1 aromatic heterocycles. The maximum absolute atomic E-state index is 6.14. The van der Waals surface area contributed by atoms with Crippen molar-refractivity contribution < 1.29 is 4.74 Å². The highest BCUT2D eigenvalue weighted by atomic mass is 32.2. The average Bonchev–Trinajstić information content (AvgIpc) is 2.89. The van der Waals surface area contributed by atoms with Crippen LogP contribution in [0.15, 0.2) is 34.9 Å². The van der Waals surface area contributed by atoms with Crippen LogP contribution in [-0.2, 0) is 0 Å². The smallest absolute Gasteiger partial charge is 0.169 e. The van der Waals surface area contributed by atoms with Gasteiger partial charge in [-0.3, -0.25) is 0 Å². The number of aromatic nitrogens is 2. The molecular weight excluding hydrogens is 254 g/mol. The molecule has 0 saturated heterocycles. The summed E-state index contributed by atoms with van der Waals surface area (Å²) in [6.07, 6.45) is 1.56. The van der Waals surface area contributed by atoms with Crippen molar-refractivity contribution in [3.05, 3.63) is 36.2 Å². The van der Waals surface area contributed by atoms with Gasteiger partial charge in [-0.25, -0.2) is 4.98 Å². The summed E-state index contributed by atoms with van der Waals surface area (Å²) in [5.74, 6) is 1.59. The number of nitrogens with zero attached hydrogens (tertiary/aromatic N) is 2. The van der Waals surface area contributed by atoms with Crippen LogP contribution < -0.4 is 10.5 Å². The zero-order valence-corrected chi connectivity index (χ0v) is 11.0. The zero-order chi connectivity index (χ0) is 12.1. The first-order valence-corrected chi connectivity index (χ1v) is 6.85. The van der Waals surface area contributed by atoms with Crippen molar-refractivity contribution in [1.82, 2.24) is 9.36 Å². The van der Waals surface area contributed by atoms with Gasteiger partial charge in [0.25, 0.3) is 0 Å². The summed E-state index contributed by atoms with van der Waals surface area (Å²) in [6, 6.07) is 7.75. The number of hydrogen-bond acceptors (Lipinski definition) is 6. The normalized spacial score (nSPS) is 12.4. The molecule has 0 aliphatic rings. The molecule has 2 aromatic rings. The second kappa shape index (κ2) is 6.00. The maximum atomic E-state index is 6.14. The Labute approximate surface area is 108 Å². The number of rotatable bonds is 5. The van der Waals surface area contributed by atoms with E-state index < -0.39 is 0 Å². The summed E-state index contributed by atoms with van der Waals surface area (Å²) in [6.45, 7) is 0. The molecule has 0 bridgehead atoms. The Morgan fingerprint density at radius 3 is 3.00 bits per heavy atom. The molecule has 0 fully saturated rings. The first-order chi connectivity index (χ1) is 8.31. The molecular formula is C11H13N3OS2. The van der Waals surface area contributed by atoms with Crippen molar-refractivity contribution >= 4 is 23.3 Å². The van der Waals surface area contributed by atoms with E-state index in [4.69, 9.17) is 10.5 Å². The number of benzene rings is 1. The second-order valence-electron chi connectivity index (χ2n) is 3.37. The molecule has 0 saturated carbocycles. The Morgan fingerprint density at radius 1 is 1.47 bits per heavy atom. The molecule has 90 valence electrons. The van der Waals surface area contributed by atoms with E-state index in [1.807, 2.05) is 24.3 Å². The van der Waals surface area contributed by atoms with Gasteiger partial charge in [0, 0.05) is 17.4 Å². The molecule has 1 aromatic carbocycles. The fourth-order valence-corrected chi connectivity index (χ4v) is 2.90. The molecule has 0 aliphatic carbocycles. The Hall–Kier alpha value is -1.11. The van der Waals surface area contributed by atoms with Gasteiger partial charge in [0.2, 0.25) is 0 Å². The van der Waals surface area contributed by atoms with Crippen LogP contribution in [0.2, 0.25) is 0 Å². The van der Waals surface area contributed by atoms with Crippen molar-refractivity contribution in [2.45, 2.75) is 10.4 Å². The second-order valence-corrected chi connectivity index (χ2v) is 5.41. The number of thioether (sulfide) groups is 1. The van der Waals surface area contributed by atoms with Crippen LogP contribution in [0.4, 0.5) is 0 Å². The monoisotopic (exact) mass is 267 g/mol. The molecule has 0 amide bonds. The van der Waals surface area contributed by atoms with E-state index in [9.17, 15) is 0 Å². The summed E-state index contributed by atoms with van der Waals surface area (Å²) in [7, 11) is 1.66. The largest absolute Gasteiger partial charge is 0.496 e. The van der Waals surface area contributed by atoms with Crippen molar-refractivity contribution in [3.63, 3.8) is 0 Å². The number of methoxy groups -OCH3 is 1. The molecule has 2 N–H and O–H groups in total. The van der Waals surface area contributed by atoms with Crippen LogP contribution >= 0.6 is 23.3 Å². The number of ether oxygens (including phenoxy) is 1. The molecule has 4 nitrogen and oxygen atoms in total. The Morgan fingerprint density at radius 2 is 2.29 bits per heavy atom. The van der Waals surface area contributed by atoms with Gasteiger partial charge < -0.3 is 10.5 Å². The van der Waals surface area contributed by atoms with E-state index in [0.29, 0.717) is 0 Å². The third kappa shape index (κ3) is 3.18. The standard InChI is InChI=1S/C11H13N3OS2/c1-15-10-5-3-2-4-8(10)9(12)6-16-11-13-7-14-17-11/h2-5,7,9H,6,12H2,1H3. The van der Waals surface area contributed by atoms with Gasteiger partial charge in [0.1, 0.15) is 12.1 Å². The van der Waals surface area contributed by atoms with Crippen LogP contribution in [0.1, 0.15) is 11.6 Å². The van der Waals surface area contributed by atoms with Gasteiger partial charge in [-0.1, -0.05) is 30.0 Å². The number of nitrogens with two attached hydrogens (primary N) is 1. The lowest BCUT2D eigenvalue weighted by Crippen LogP contribution is -2.14. The molecule has 1 heterocycles. The summed E-state index contributed by atoms with van der Waals surface area (Å²) in [5, 5.41) is 0. The van der Waals surface area contributed by atoms with Gasteiger partial charge >= 0.3 is 0 Å². The topological polar surface area (TPSA) is 61.0 Å². The zero-order valence-electron chi connectivity index (χ0n) is 9.37. The first-order valence-electron chi connectivity index (χ1n) is 5.09. The van der Waals surface area contributed by atoms with E-state index in [0.717, 1.165) is 21.4 Å².